The van der Waals surface area contributed by atoms with Gasteiger partial charge in [0, 0.05) is 18.7 Å². The van der Waals surface area contributed by atoms with E-state index in [1.54, 1.807) is 48.5 Å². The van der Waals surface area contributed by atoms with Gasteiger partial charge in [-0.25, -0.2) is 13.1 Å². The largest absolute Gasteiger partial charge is 0.347 e. The predicted octanol–water partition coefficient (Wildman–Crippen LogP) is 2.41. The third-order valence-electron chi connectivity index (χ3n) is 4.18. The zero-order valence-corrected chi connectivity index (χ0v) is 17.7. The van der Waals surface area contributed by atoms with Crippen molar-refractivity contribution in [3.63, 3.8) is 0 Å². The van der Waals surface area contributed by atoms with Gasteiger partial charge in [-0.2, -0.15) is 0 Å². The number of benzene rings is 2. The molecule has 0 bridgehead atoms. The van der Waals surface area contributed by atoms with Crippen molar-refractivity contribution in [3.8, 4) is 0 Å². The molecule has 156 valence electrons. The molecule has 2 rings (SSSR count). The van der Waals surface area contributed by atoms with Gasteiger partial charge in [-0.15, -0.1) is 0 Å². The number of amides is 2. The lowest BCUT2D eigenvalue weighted by atomic mass is 9.87. The SMILES string of the molecule is CC(C)(C)c1ccc(S(=O)(=O)NCCC(=O)NCC(=O)Nc2ccccc2)cc1. The quantitative estimate of drug-likeness (QED) is 0.613. The molecule has 0 saturated carbocycles. The van der Waals surface area contributed by atoms with Crippen molar-refractivity contribution in [1.82, 2.24) is 10.0 Å². The van der Waals surface area contributed by atoms with Crippen LogP contribution < -0.4 is 15.4 Å². The Labute approximate surface area is 172 Å². The molecule has 0 aliphatic heterocycles. The first-order chi connectivity index (χ1) is 13.6. The first-order valence-electron chi connectivity index (χ1n) is 9.30. The molecular weight excluding hydrogens is 390 g/mol. The highest BCUT2D eigenvalue weighted by atomic mass is 32.2. The average molecular weight is 418 g/mol. The van der Waals surface area contributed by atoms with Crippen LogP contribution in [0.3, 0.4) is 0 Å². The van der Waals surface area contributed by atoms with E-state index in [1.165, 1.54) is 0 Å². The second-order valence-corrected chi connectivity index (χ2v) is 9.38. The van der Waals surface area contributed by atoms with Crippen molar-refractivity contribution in [2.45, 2.75) is 37.5 Å². The summed E-state index contributed by atoms with van der Waals surface area (Å²) in [6.45, 7) is 5.90. The fraction of sp³-hybridized carbons (Fsp3) is 0.333. The van der Waals surface area contributed by atoms with E-state index in [0.29, 0.717) is 5.69 Å². The standard InChI is InChI=1S/C21H27N3O4S/c1-21(2,3)16-9-11-18(12-10-16)29(27,28)23-14-13-19(25)22-15-20(26)24-17-7-5-4-6-8-17/h4-12,23H,13-15H2,1-3H3,(H,22,25)(H,24,26). The summed E-state index contributed by atoms with van der Waals surface area (Å²) in [5.74, 6) is -0.775. The van der Waals surface area contributed by atoms with Gasteiger partial charge in [0.15, 0.2) is 0 Å². The Morgan fingerprint density at radius 2 is 1.52 bits per heavy atom. The van der Waals surface area contributed by atoms with Crippen molar-refractivity contribution in [3.05, 3.63) is 60.2 Å². The molecule has 2 aromatic carbocycles. The number of para-hydroxylation sites is 1. The van der Waals surface area contributed by atoms with Crippen LogP contribution in [0.15, 0.2) is 59.5 Å². The van der Waals surface area contributed by atoms with Crippen molar-refractivity contribution in [1.29, 1.82) is 0 Å². The Hall–Kier alpha value is -2.71. The normalized spacial score (nSPS) is 11.7. The van der Waals surface area contributed by atoms with Crippen LogP contribution in [0.1, 0.15) is 32.8 Å². The number of hydrogen-bond acceptors (Lipinski definition) is 4. The Balaban J connectivity index is 1.76. The average Bonchev–Trinajstić information content (AvgIpc) is 2.66. The fourth-order valence-electron chi connectivity index (χ4n) is 2.51. The van der Waals surface area contributed by atoms with Crippen LogP contribution >= 0.6 is 0 Å². The van der Waals surface area contributed by atoms with Crippen molar-refractivity contribution >= 4 is 27.5 Å². The summed E-state index contributed by atoms with van der Waals surface area (Å²) in [6, 6.07) is 15.6. The molecule has 8 heteroatoms. The third kappa shape index (κ3) is 7.32. The molecule has 2 aromatic rings. The fourth-order valence-corrected chi connectivity index (χ4v) is 3.54. The molecule has 0 fully saturated rings. The summed E-state index contributed by atoms with van der Waals surface area (Å²) in [5.41, 5.74) is 1.60. The second-order valence-electron chi connectivity index (χ2n) is 7.61. The summed E-state index contributed by atoms with van der Waals surface area (Å²) in [6.07, 6.45) is -0.0715. The molecule has 0 spiro atoms. The molecule has 0 heterocycles. The second kappa shape index (κ2) is 9.67. The minimum atomic E-state index is -3.70. The zero-order chi connectivity index (χ0) is 21.5. The molecular formula is C21H27N3O4S. The van der Waals surface area contributed by atoms with E-state index in [4.69, 9.17) is 0 Å². The van der Waals surface area contributed by atoms with Crippen molar-refractivity contribution < 1.29 is 18.0 Å². The van der Waals surface area contributed by atoms with E-state index in [0.717, 1.165) is 5.56 Å². The van der Waals surface area contributed by atoms with Crippen LogP contribution in [0.25, 0.3) is 0 Å². The Morgan fingerprint density at radius 1 is 0.897 bits per heavy atom. The number of hydrogen-bond donors (Lipinski definition) is 3. The van der Waals surface area contributed by atoms with Crippen LogP contribution in [0.4, 0.5) is 5.69 Å². The number of carbonyl (C=O) groups is 2. The maximum atomic E-state index is 12.3. The lowest BCUT2D eigenvalue weighted by Crippen LogP contribution is -2.35. The van der Waals surface area contributed by atoms with Crippen molar-refractivity contribution in [2.24, 2.45) is 0 Å². The maximum absolute atomic E-state index is 12.3. The van der Waals surface area contributed by atoms with Gasteiger partial charge >= 0.3 is 0 Å². The number of carbonyl (C=O) groups excluding carboxylic acids is 2. The molecule has 2 amide bonds. The van der Waals surface area contributed by atoms with Crippen molar-refractivity contribution in [2.75, 3.05) is 18.4 Å². The molecule has 0 atom stereocenters. The molecule has 3 N–H and O–H groups in total. The predicted molar refractivity (Wildman–Crippen MR) is 113 cm³/mol. The van der Waals surface area contributed by atoms with Gasteiger partial charge < -0.3 is 10.6 Å². The lowest BCUT2D eigenvalue weighted by Gasteiger charge is -2.19. The van der Waals surface area contributed by atoms with Crippen LogP contribution in [0.2, 0.25) is 0 Å². The first-order valence-corrected chi connectivity index (χ1v) is 10.8. The monoisotopic (exact) mass is 417 g/mol. The molecule has 0 aromatic heterocycles. The summed E-state index contributed by atoms with van der Waals surface area (Å²) in [7, 11) is -3.70. The van der Waals surface area contributed by atoms with E-state index in [-0.39, 0.29) is 35.7 Å². The highest BCUT2D eigenvalue weighted by Crippen LogP contribution is 2.23. The van der Waals surface area contributed by atoms with Crippen LogP contribution in [-0.2, 0) is 25.0 Å². The maximum Gasteiger partial charge on any atom is 0.243 e. The van der Waals surface area contributed by atoms with Gasteiger partial charge in [0.25, 0.3) is 0 Å². The van der Waals surface area contributed by atoms with Crippen LogP contribution in [0.5, 0.6) is 0 Å². The zero-order valence-electron chi connectivity index (χ0n) is 16.9. The van der Waals surface area contributed by atoms with Crippen LogP contribution in [-0.4, -0.2) is 33.3 Å². The third-order valence-corrected chi connectivity index (χ3v) is 5.66. The smallest absolute Gasteiger partial charge is 0.243 e. The van der Waals surface area contributed by atoms with Gasteiger partial charge in [-0.05, 0) is 35.2 Å². The van der Waals surface area contributed by atoms with E-state index >= 15 is 0 Å². The summed E-state index contributed by atoms with van der Waals surface area (Å²) < 4.78 is 27.1. The number of rotatable bonds is 8. The van der Waals surface area contributed by atoms with Gasteiger partial charge in [0.05, 0.1) is 11.4 Å². The molecule has 0 aliphatic rings. The van der Waals surface area contributed by atoms with Gasteiger partial charge in [0.2, 0.25) is 21.8 Å². The van der Waals surface area contributed by atoms with Crippen LogP contribution in [0, 0.1) is 0 Å². The Bertz CT molecular complexity index is 934. The van der Waals surface area contributed by atoms with E-state index in [1.807, 2.05) is 26.8 Å². The summed E-state index contributed by atoms with van der Waals surface area (Å²) in [5, 5.41) is 5.12. The molecule has 0 radical (unpaired) electrons. The minimum absolute atomic E-state index is 0.0600. The summed E-state index contributed by atoms with van der Waals surface area (Å²) in [4.78, 5) is 23.8. The van der Waals surface area contributed by atoms with E-state index in [9.17, 15) is 18.0 Å². The molecule has 7 nitrogen and oxygen atoms in total. The Morgan fingerprint density at radius 3 is 2.10 bits per heavy atom. The topological polar surface area (TPSA) is 104 Å². The summed E-state index contributed by atoms with van der Waals surface area (Å²) >= 11 is 0. The van der Waals surface area contributed by atoms with E-state index in [2.05, 4.69) is 15.4 Å². The number of sulfonamides is 1. The Kier molecular flexibility index (Phi) is 7.53. The lowest BCUT2D eigenvalue weighted by molar-refractivity contribution is -0.124. The van der Waals surface area contributed by atoms with E-state index < -0.39 is 15.9 Å². The molecule has 29 heavy (non-hydrogen) atoms. The van der Waals surface area contributed by atoms with Gasteiger partial charge in [-0.1, -0.05) is 51.1 Å². The highest BCUT2D eigenvalue weighted by Gasteiger charge is 2.17. The van der Waals surface area contributed by atoms with Gasteiger partial charge in [-0.3, -0.25) is 9.59 Å². The number of anilines is 1. The molecule has 0 aliphatic carbocycles. The van der Waals surface area contributed by atoms with Gasteiger partial charge in [0.1, 0.15) is 0 Å². The highest BCUT2D eigenvalue weighted by molar-refractivity contribution is 7.89. The number of nitrogens with one attached hydrogen (secondary N) is 3. The first kappa shape index (κ1) is 22.6. The molecule has 0 saturated heterocycles. The minimum Gasteiger partial charge on any atom is -0.347 e. The molecule has 0 unspecified atom stereocenters.